The van der Waals surface area contributed by atoms with E-state index >= 15 is 0 Å². The molecular formula is C22H24ClN7O. The van der Waals surface area contributed by atoms with Crippen LogP contribution in [0.2, 0.25) is 5.02 Å². The zero-order valence-corrected chi connectivity index (χ0v) is 18.2. The lowest BCUT2D eigenvalue weighted by atomic mass is 10.1. The summed E-state index contributed by atoms with van der Waals surface area (Å²) in [6, 6.07) is 9.35. The van der Waals surface area contributed by atoms with E-state index < -0.39 is 0 Å². The minimum Gasteiger partial charge on any atom is -0.369 e. The van der Waals surface area contributed by atoms with Crippen LogP contribution in [0.15, 0.2) is 54.4 Å². The third-order valence-electron chi connectivity index (χ3n) is 4.78. The molecule has 2 aromatic heterocycles. The Bertz CT molecular complexity index is 1180. The maximum Gasteiger partial charge on any atom is 0.251 e. The highest BCUT2D eigenvalue weighted by Gasteiger charge is 2.20. The van der Waals surface area contributed by atoms with Crippen LogP contribution in [0.3, 0.4) is 0 Å². The van der Waals surface area contributed by atoms with Crippen molar-refractivity contribution in [2.45, 2.75) is 6.42 Å². The maximum atomic E-state index is 12.1. The van der Waals surface area contributed by atoms with Gasteiger partial charge >= 0.3 is 0 Å². The summed E-state index contributed by atoms with van der Waals surface area (Å²) in [6.45, 7) is 5.43. The van der Waals surface area contributed by atoms with Crippen LogP contribution in [0.4, 0.5) is 17.3 Å². The third-order valence-corrected chi connectivity index (χ3v) is 5.01. The summed E-state index contributed by atoms with van der Waals surface area (Å²) < 4.78 is 1.74. The van der Waals surface area contributed by atoms with Gasteiger partial charge in [0.15, 0.2) is 5.65 Å². The van der Waals surface area contributed by atoms with Gasteiger partial charge in [-0.05, 0) is 38.4 Å². The molecule has 0 aliphatic carbocycles. The van der Waals surface area contributed by atoms with Gasteiger partial charge in [0.1, 0.15) is 11.6 Å². The van der Waals surface area contributed by atoms with Crippen LogP contribution in [0.1, 0.15) is 12.0 Å². The molecule has 1 fully saturated rings. The van der Waals surface area contributed by atoms with Crippen molar-refractivity contribution in [3.63, 3.8) is 0 Å². The van der Waals surface area contributed by atoms with E-state index in [1.807, 2.05) is 50.5 Å². The van der Waals surface area contributed by atoms with Gasteiger partial charge in [-0.1, -0.05) is 24.2 Å². The van der Waals surface area contributed by atoms with Gasteiger partial charge in [-0.15, -0.1) is 0 Å². The summed E-state index contributed by atoms with van der Waals surface area (Å²) in [6.07, 6.45) is 4.02. The molecule has 0 atom stereocenters. The molecule has 160 valence electrons. The lowest BCUT2D eigenvalue weighted by molar-refractivity contribution is -0.115. The Labute approximate surface area is 185 Å². The highest BCUT2D eigenvalue weighted by molar-refractivity contribution is 6.30. The van der Waals surface area contributed by atoms with Crippen LogP contribution in [-0.2, 0) is 4.79 Å². The molecule has 4 rings (SSSR count). The molecular weight excluding hydrogens is 414 g/mol. The lowest BCUT2D eigenvalue weighted by Gasteiger charge is -2.14. The number of anilines is 3. The number of halogens is 1. The summed E-state index contributed by atoms with van der Waals surface area (Å²) >= 11 is 6.12. The average molecular weight is 438 g/mol. The molecule has 0 unspecified atom stereocenters. The number of nitrogens with one attached hydrogen (secondary N) is 3. The first-order valence-corrected chi connectivity index (χ1v) is 10.3. The van der Waals surface area contributed by atoms with E-state index in [2.05, 4.69) is 32.5 Å². The second kappa shape index (κ2) is 8.79. The van der Waals surface area contributed by atoms with Crippen LogP contribution >= 0.6 is 11.6 Å². The molecule has 0 radical (unpaired) electrons. The first-order chi connectivity index (χ1) is 14.9. The molecule has 31 heavy (non-hydrogen) atoms. The first kappa shape index (κ1) is 20.9. The predicted octanol–water partition coefficient (Wildman–Crippen LogP) is 3.52. The number of benzene rings is 1. The van der Waals surface area contributed by atoms with Crippen molar-refractivity contribution in [1.29, 1.82) is 0 Å². The number of rotatable bonds is 7. The molecule has 1 aromatic carbocycles. The van der Waals surface area contributed by atoms with Crippen molar-refractivity contribution >= 4 is 46.6 Å². The van der Waals surface area contributed by atoms with Crippen molar-refractivity contribution < 1.29 is 4.79 Å². The first-order valence-electron chi connectivity index (χ1n) is 9.89. The SMILES string of the molecule is C=C1C/C(=C\c2cnn3c(NCCN(C)C)cc(Nc4cccc(Cl)c4)nc23)C(=O)N1. The summed E-state index contributed by atoms with van der Waals surface area (Å²) in [4.78, 5) is 19.0. The second-order valence-corrected chi connectivity index (χ2v) is 8.07. The fourth-order valence-electron chi connectivity index (χ4n) is 3.29. The Morgan fingerprint density at radius 2 is 2.19 bits per heavy atom. The molecule has 0 bridgehead atoms. The van der Waals surface area contributed by atoms with E-state index in [9.17, 15) is 4.79 Å². The number of likely N-dealkylation sites (N-methyl/N-ethyl adjacent to an activating group) is 1. The molecule has 8 nitrogen and oxygen atoms in total. The molecule has 3 aromatic rings. The number of carbonyl (C=O) groups excluding carboxylic acids is 1. The van der Waals surface area contributed by atoms with E-state index in [-0.39, 0.29) is 5.91 Å². The molecule has 1 saturated heterocycles. The second-order valence-electron chi connectivity index (χ2n) is 7.63. The Morgan fingerprint density at radius 3 is 2.90 bits per heavy atom. The Morgan fingerprint density at radius 1 is 1.35 bits per heavy atom. The van der Waals surface area contributed by atoms with Gasteiger partial charge in [0.25, 0.3) is 5.91 Å². The van der Waals surface area contributed by atoms with Crippen molar-refractivity contribution in [2.75, 3.05) is 37.8 Å². The van der Waals surface area contributed by atoms with Crippen LogP contribution < -0.4 is 16.0 Å². The van der Waals surface area contributed by atoms with Gasteiger partial charge in [0.2, 0.25) is 0 Å². The minimum atomic E-state index is -0.137. The van der Waals surface area contributed by atoms with Crippen LogP contribution in [0, 0.1) is 0 Å². The zero-order chi connectivity index (χ0) is 22.0. The largest absolute Gasteiger partial charge is 0.369 e. The summed E-state index contributed by atoms with van der Waals surface area (Å²) in [5.41, 5.74) is 3.55. The van der Waals surface area contributed by atoms with E-state index in [0.717, 1.165) is 30.2 Å². The van der Waals surface area contributed by atoms with Crippen LogP contribution in [0.25, 0.3) is 11.7 Å². The zero-order valence-electron chi connectivity index (χ0n) is 17.4. The number of amides is 1. The van der Waals surface area contributed by atoms with Gasteiger partial charge in [0, 0.05) is 53.1 Å². The van der Waals surface area contributed by atoms with Crippen molar-refractivity contribution in [1.82, 2.24) is 24.8 Å². The van der Waals surface area contributed by atoms with Gasteiger partial charge in [-0.25, -0.2) is 4.98 Å². The van der Waals surface area contributed by atoms with Crippen molar-refractivity contribution in [3.05, 3.63) is 65.0 Å². The molecule has 1 amide bonds. The smallest absolute Gasteiger partial charge is 0.251 e. The van der Waals surface area contributed by atoms with Crippen LogP contribution in [-0.4, -0.2) is 52.6 Å². The number of aromatic nitrogens is 3. The molecule has 9 heteroatoms. The average Bonchev–Trinajstić information content (AvgIpc) is 3.24. The number of nitrogens with zero attached hydrogens (tertiary/aromatic N) is 4. The number of carbonyl (C=O) groups is 1. The van der Waals surface area contributed by atoms with Crippen molar-refractivity contribution in [2.24, 2.45) is 0 Å². The van der Waals surface area contributed by atoms with Gasteiger partial charge in [0.05, 0.1) is 6.20 Å². The molecule has 1 aliphatic heterocycles. The number of hydrogen-bond acceptors (Lipinski definition) is 6. The Hall–Kier alpha value is -3.36. The normalized spacial score (nSPS) is 15.2. The fourth-order valence-corrected chi connectivity index (χ4v) is 3.48. The molecule has 3 heterocycles. The van der Waals surface area contributed by atoms with Gasteiger partial charge in [-0.3, -0.25) is 4.79 Å². The summed E-state index contributed by atoms with van der Waals surface area (Å²) in [5, 5.41) is 14.6. The third kappa shape index (κ3) is 4.87. The lowest BCUT2D eigenvalue weighted by Crippen LogP contribution is -2.21. The topological polar surface area (TPSA) is 86.6 Å². The number of allylic oxidation sites excluding steroid dienone is 1. The van der Waals surface area contributed by atoms with E-state index in [1.165, 1.54) is 0 Å². The monoisotopic (exact) mass is 437 g/mol. The van der Waals surface area contributed by atoms with Crippen LogP contribution in [0.5, 0.6) is 0 Å². The van der Waals surface area contributed by atoms with E-state index in [1.54, 1.807) is 10.7 Å². The number of hydrogen-bond donors (Lipinski definition) is 3. The van der Waals surface area contributed by atoms with E-state index in [4.69, 9.17) is 16.6 Å². The fraction of sp³-hybridized carbons (Fsp3) is 0.227. The molecule has 3 N–H and O–H groups in total. The van der Waals surface area contributed by atoms with Gasteiger partial charge < -0.3 is 20.9 Å². The van der Waals surface area contributed by atoms with Gasteiger partial charge in [-0.2, -0.15) is 9.61 Å². The molecule has 1 aliphatic rings. The highest BCUT2D eigenvalue weighted by Crippen LogP contribution is 2.26. The Balaban J connectivity index is 1.73. The minimum absolute atomic E-state index is 0.137. The predicted molar refractivity (Wildman–Crippen MR) is 125 cm³/mol. The standard InChI is InChI=1S/C22H24ClN7O/c1-14-9-15(22(31)26-14)10-16-13-25-30-20(24-7-8-29(2)3)12-19(28-21(16)30)27-18-6-4-5-17(23)11-18/h4-6,10-13,24H,1,7-9H2,2-3H3,(H,26,31)(H,27,28)/b15-10+. The molecule has 0 spiro atoms. The van der Waals surface area contributed by atoms with E-state index in [0.29, 0.717) is 34.2 Å². The maximum absolute atomic E-state index is 12.1. The highest BCUT2D eigenvalue weighted by atomic mass is 35.5. The summed E-state index contributed by atoms with van der Waals surface area (Å²) in [5.74, 6) is 1.30. The molecule has 0 saturated carbocycles. The quantitative estimate of drug-likeness (QED) is 0.490. The number of fused-ring (bicyclic) bond motifs is 1. The van der Waals surface area contributed by atoms with Crippen molar-refractivity contribution in [3.8, 4) is 0 Å². The Kier molecular flexibility index (Phi) is 5.92. The summed E-state index contributed by atoms with van der Waals surface area (Å²) in [7, 11) is 4.04.